The molecule has 1 rings (SSSR count). The van der Waals surface area contributed by atoms with E-state index in [-0.39, 0.29) is 20.6 Å². The van der Waals surface area contributed by atoms with E-state index in [1.807, 2.05) is 0 Å². The van der Waals surface area contributed by atoms with Crippen molar-refractivity contribution in [2.45, 2.75) is 0 Å². The molecule has 88 valence electrons. The van der Waals surface area contributed by atoms with E-state index in [1.165, 1.54) is 12.1 Å². The molecule has 0 radical (unpaired) electrons. The third kappa shape index (κ3) is 3.56. The van der Waals surface area contributed by atoms with E-state index in [0.717, 1.165) is 6.26 Å². The molecule has 7 heteroatoms. The number of rotatable bonds is 2. The average Bonchev–Trinajstić information content (AvgIpc) is 2.08. The summed E-state index contributed by atoms with van der Waals surface area (Å²) in [5, 5.41) is 12.5. The Bertz CT molecular complexity index is 549. The highest BCUT2D eigenvalue weighted by atomic mass is 35.5. The molecule has 0 unspecified atom stereocenters. The summed E-state index contributed by atoms with van der Waals surface area (Å²) < 4.78 is 21.8. The second-order valence-corrected chi connectivity index (χ2v) is 6.17. The summed E-state index contributed by atoms with van der Waals surface area (Å²) in [6.45, 7) is 0. The Morgan fingerprint density at radius 3 is 2.19 bits per heavy atom. The summed E-state index contributed by atoms with van der Waals surface area (Å²) in [5.41, 5.74) is 0.00138. The fourth-order valence-corrected chi connectivity index (χ4v) is 2.13. The standard InChI is InChI=1S/C9H7Cl3O3S/c1-16(14,15)4-9(13)5-2-7(11)8(12)3-6(5)10/h2-4,13H,1H3/p-1/b9-4-. The Morgan fingerprint density at radius 1 is 1.19 bits per heavy atom. The first-order valence-electron chi connectivity index (χ1n) is 3.94. The zero-order valence-electron chi connectivity index (χ0n) is 8.00. The molecule has 0 spiro atoms. The van der Waals surface area contributed by atoms with Crippen LogP contribution in [0.3, 0.4) is 0 Å². The van der Waals surface area contributed by atoms with Crippen LogP contribution in [0.4, 0.5) is 0 Å². The van der Waals surface area contributed by atoms with Gasteiger partial charge in [0.05, 0.1) is 10.0 Å². The fraction of sp³-hybridized carbons (Fsp3) is 0.111. The largest absolute Gasteiger partial charge is 0.872 e. The molecule has 1 aromatic carbocycles. The van der Waals surface area contributed by atoms with Gasteiger partial charge in [0.25, 0.3) is 0 Å². The Kier molecular flexibility index (Phi) is 4.12. The van der Waals surface area contributed by atoms with Gasteiger partial charge in [-0.2, -0.15) is 0 Å². The molecule has 0 bridgehead atoms. The molecule has 0 aliphatic rings. The van der Waals surface area contributed by atoms with Gasteiger partial charge in [-0.1, -0.05) is 40.6 Å². The van der Waals surface area contributed by atoms with E-state index >= 15 is 0 Å². The van der Waals surface area contributed by atoms with E-state index in [0.29, 0.717) is 5.41 Å². The van der Waals surface area contributed by atoms with Gasteiger partial charge in [0.1, 0.15) is 0 Å². The average molecular weight is 301 g/mol. The van der Waals surface area contributed by atoms with Crippen molar-refractivity contribution in [2.24, 2.45) is 0 Å². The maximum atomic E-state index is 11.5. The minimum absolute atomic E-state index is 0.00138. The first-order valence-corrected chi connectivity index (χ1v) is 7.03. The maximum absolute atomic E-state index is 11.5. The van der Waals surface area contributed by atoms with Crippen LogP contribution in [0.2, 0.25) is 15.1 Å². The van der Waals surface area contributed by atoms with Crippen molar-refractivity contribution >= 4 is 50.4 Å². The smallest absolute Gasteiger partial charge is 0.168 e. The van der Waals surface area contributed by atoms with Crippen LogP contribution in [0.25, 0.3) is 5.76 Å². The SMILES string of the molecule is CS(=O)(=O)/C=C(\[O-])c1cc(Cl)c(Cl)cc1Cl. The lowest BCUT2D eigenvalue weighted by atomic mass is 10.2. The molecule has 0 N–H and O–H groups in total. The van der Waals surface area contributed by atoms with Crippen LogP contribution in [0.5, 0.6) is 0 Å². The molecule has 1 aromatic rings. The zero-order valence-corrected chi connectivity index (χ0v) is 11.1. The highest BCUT2D eigenvalue weighted by Gasteiger charge is 2.06. The fourth-order valence-electron chi connectivity index (χ4n) is 0.969. The monoisotopic (exact) mass is 299 g/mol. The van der Waals surface area contributed by atoms with Crippen molar-refractivity contribution in [3.63, 3.8) is 0 Å². The van der Waals surface area contributed by atoms with Crippen molar-refractivity contribution < 1.29 is 13.5 Å². The number of halogens is 3. The highest BCUT2D eigenvalue weighted by Crippen LogP contribution is 2.31. The number of benzene rings is 1. The lowest BCUT2D eigenvalue weighted by Gasteiger charge is -2.14. The summed E-state index contributed by atoms with van der Waals surface area (Å²) in [6, 6.07) is 2.52. The van der Waals surface area contributed by atoms with Crippen LogP contribution in [0.15, 0.2) is 17.5 Å². The Morgan fingerprint density at radius 2 is 1.69 bits per heavy atom. The second-order valence-electron chi connectivity index (χ2n) is 3.06. The minimum Gasteiger partial charge on any atom is -0.872 e. The zero-order chi connectivity index (χ0) is 12.5. The van der Waals surface area contributed by atoms with Crippen LogP contribution < -0.4 is 5.11 Å². The molecule has 0 amide bonds. The molecule has 0 heterocycles. The summed E-state index contributed by atoms with van der Waals surface area (Å²) in [4.78, 5) is 0. The Balaban J connectivity index is 3.35. The van der Waals surface area contributed by atoms with Gasteiger partial charge < -0.3 is 5.11 Å². The molecule has 0 fully saturated rings. The maximum Gasteiger partial charge on any atom is 0.168 e. The minimum atomic E-state index is -3.52. The van der Waals surface area contributed by atoms with Gasteiger partial charge in [0.2, 0.25) is 0 Å². The first kappa shape index (κ1) is 13.6. The number of sulfone groups is 1. The highest BCUT2D eigenvalue weighted by molar-refractivity contribution is 7.93. The third-order valence-electron chi connectivity index (χ3n) is 1.60. The molecule has 0 aromatic heterocycles. The molecule has 16 heavy (non-hydrogen) atoms. The van der Waals surface area contributed by atoms with E-state index in [1.54, 1.807) is 0 Å². The van der Waals surface area contributed by atoms with Gasteiger partial charge in [0, 0.05) is 16.7 Å². The van der Waals surface area contributed by atoms with Gasteiger partial charge in [-0.05, 0) is 17.7 Å². The Hall–Kier alpha value is -0.420. The molecule has 0 saturated carbocycles. The molecule has 0 atom stereocenters. The van der Waals surface area contributed by atoms with E-state index in [2.05, 4.69) is 0 Å². The van der Waals surface area contributed by atoms with Gasteiger partial charge in [-0.3, -0.25) is 0 Å². The lowest BCUT2D eigenvalue weighted by molar-refractivity contribution is -0.243. The molecule has 3 nitrogen and oxygen atoms in total. The predicted octanol–water partition coefficient (Wildman–Crippen LogP) is 2.35. The summed E-state index contributed by atoms with van der Waals surface area (Å²) in [5.74, 6) is -0.730. The van der Waals surface area contributed by atoms with E-state index in [4.69, 9.17) is 34.8 Å². The van der Waals surface area contributed by atoms with Crippen molar-refractivity contribution in [3.05, 3.63) is 38.2 Å². The van der Waals surface area contributed by atoms with E-state index in [9.17, 15) is 13.5 Å². The summed E-state index contributed by atoms with van der Waals surface area (Å²) in [6.07, 6.45) is 0.913. The first-order chi connectivity index (χ1) is 7.20. The van der Waals surface area contributed by atoms with Crippen molar-refractivity contribution in [2.75, 3.05) is 6.26 Å². The van der Waals surface area contributed by atoms with Crippen LogP contribution in [-0.4, -0.2) is 14.7 Å². The predicted molar refractivity (Wildman–Crippen MR) is 64.3 cm³/mol. The van der Waals surface area contributed by atoms with Crippen LogP contribution in [-0.2, 0) is 9.84 Å². The van der Waals surface area contributed by atoms with Crippen molar-refractivity contribution in [3.8, 4) is 0 Å². The normalized spacial score (nSPS) is 12.9. The molecular weight excluding hydrogens is 295 g/mol. The lowest BCUT2D eigenvalue weighted by Crippen LogP contribution is -2.06. The molecular formula is C9H6Cl3O3S-. The second kappa shape index (κ2) is 4.84. The van der Waals surface area contributed by atoms with Gasteiger partial charge in [0.15, 0.2) is 9.84 Å². The van der Waals surface area contributed by atoms with Crippen LogP contribution >= 0.6 is 34.8 Å². The quantitative estimate of drug-likeness (QED) is 0.622. The number of hydrogen-bond acceptors (Lipinski definition) is 3. The van der Waals surface area contributed by atoms with Gasteiger partial charge >= 0.3 is 0 Å². The van der Waals surface area contributed by atoms with Crippen molar-refractivity contribution in [1.82, 2.24) is 0 Å². The van der Waals surface area contributed by atoms with Gasteiger partial charge in [-0.25, -0.2) is 8.42 Å². The molecule has 0 aliphatic heterocycles. The Labute approximate surface area is 108 Å². The summed E-state index contributed by atoms with van der Waals surface area (Å²) >= 11 is 17.1. The molecule has 0 saturated heterocycles. The van der Waals surface area contributed by atoms with Crippen LogP contribution in [0, 0.1) is 0 Å². The van der Waals surface area contributed by atoms with Crippen LogP contribution in [0.1, 0.15) is 5.56 Å². The topological polar surface area (TPSA) is 57.2 Å². The van der Waals surface area contributed by atoms with E-state index < -0.39 is 15.6 Å². The summed E-state index contributed by atoms with van der Waals surface area (Å²) in [7, 11) is -3.52. The third-order valence-corrected chi connectivity index (χ3v) is 3.27. The number of hydrogen-bond donors (Lipinski definition) is 0. The van der Waals surface area contributed by atoms with Crippen molar-refractivity contribution in [1.29, 1.82) is 0 Å². The van der Waals surface area contributed by atoms with Gasteiger partial charge in [-0.15, -0.1) is 0 Å². The molecule has 0 aliphatic carbocycles.